The summed E-state index contributed by atoms with van der Waals surface area (Å²) < 4.78 is 12.6. The number of ether oxygens (including phenoxy) is 2. The molecule has 1 N–H and O–H groups in total. The van der Waals surface area contributed by atoms with Crippen LogP contribution >= 0.6 is 0 Å². The number of aliphatic hydroxyl groups is 1. The van der Waals surface area contributed by atoms with Crippen molar-refractivity contribution in [3.63, 3.8) is 0 Å². The van der Waals surface area contributed by atoms with E-state index >= 15 is 0 Å². The highest BCUT2D eigenvalue weighted by Crippen LogP contribution is 2.39. The van der Waals surface area contributed by atoms with Gasteiger partial charge in [-0.1, -0.05) is 6.07 Å². The Labute approximate surface area is 148 Å². The van der Waals surface area contributed by atoms with Gasteiger partial charge in [0.15, 0.2) is 0 Å². The lowest BCUT2D eigenvalue weighted by Gasteiger charge is -2.19. The Morgan fingerprint density at radius 2 is 2.08 bits per heavy atom. The molecule has 0 aliphatic heterocycles. The van der Waals surface area contributed by atoms with Crippen LogP contribution in [0, 0.1) is 0 Å². The molecule has 134 valence electrons. The summed E-state index contributed by atoms with van der Waals surface area (Å²) in [5, 5.41) is 9.18. The molecule has 0 saturated heterocycles. The van der Waals surface area contributed by atoms with E-state index < -0.39 is 0 Å². The molecule has 1 aromatic carbocycles. The van der Waals surface area contributed by atoms with Crippen LogP contribution in [0.1, 0.15) is 30.2 Å². The second-order valence-electron chi connectivity index (χ2n) is 6.25. The summed E-state index contributed by atoms with van der Waals surface area (Å²) >= 11 is 0. The van der Waals surface area contributed by atoms with Crippen LogP contribution in [-0.2, 0) is 35.3 Å². The maximum Gasteiger partial charge on any atom is 0.311 e. The van der Waals surface area contributed by atoms with Gasteiger partial charge in [-0.05, 0) is 55.0 Å². The first-order valence-electron chi connectivity index (χ1n) is 8.82. The molecule has 0 radical (unpaired) electrons. The van der Waals surface area contributed by atoms with Crippen LogP contribution in [-0.4, -0.2) is 36.0 Å². The maximum absolute atomic E-state index is 12.1. The first-order valence-corrected chi connectivity index (χ1v) is 8.82. The number of hydrogen-bond acceptors (Lipinski definition) is 4. The van der Waals surface area contributed by atoms with Crippen LogP contribution in [0.4, 0.5) is 0 Å². The Bertz CT molecular complexity index is 763. The molecule has 0 fully saturated rings. The minimum Gasteiger partial charge on any atom is -0.497 e. The van der Waals surface area contributed by atoms with Gasteiger partial charge in [-0.3, -0.25) is 4.79 Å². The number of fused-ring (bicyclic) bond motifs is 3. The lowest BCUT2D eigenvalue weighted by atomic mass is 9.86. The number of aliphatic hydroxyl groups excluding tert-OH is 1. The van der Waals surface area contributed by atoms with Gasteiger partial charge in [0.2, 0.25) is 0 Å². The molecule has 0 saturated carbocycles. The molecule has 25 heavy (non-hydrogen) atoms. The highest BCUT2D eigenvalue weighted by atomic mass is 16.5. The SMILES string of the molecule is CCOC(=O)Cc1c2c(cn1CCCO)CCc1cc(OC)ccc1-2. The molecule has 0 amide bonds. The summed E-state index contributed by atoms with van der Waals surface area (Å²) in [6.07, 6.45) is 4.95. The molecule has 0 spiro atoms. The van der Waals surface area contributed by atoms with E-state index in [-0.39, 0.29) is 19.0 Å². The smallest absolute Gasteiger partial charge is 0.311 e. The van der Waals surface area contributed by atoms with Gasteiger partial charge >= 0.3 is 5.97 Å². The van der Waals surface area contributed by atoms with E-state index in [1.807, 2.05) is 13.0 Å². The quantitative estimate of drug-likeness (QED) is 0.785. The lowest BCUT2D eigenvalue weighted by Crippen LogP contribution is -2.13. The number of carbonyl (C=O) groups excluding carboxylic acids is 1. The van der Waals surface area contributed by atoms with Gasteiger partial charge in [0.1, 0.15) is 5.75 Å². The average Bonchev–Trinajstić information content (AvgIpc) is 2.97. The summed E-state index contributed by atoms with van der Waals surface area (Å²) in [7, 11) is 1.67. The van der Waals surface area contributed by atoms with E-state index in [9.17, 15) is 9.90 Å². The predicted molar refractivity (Wildman–Crippen MR) is 95.9 cm³/mol. The third-order valence-electron chi connectivity index (χ3n) is 4.69. The summed E-state index contributed by atoms with van der Waals surface area (Å²) in [6, 6.07) is 6.13. The number of methoxy groups -OCH3 is 1. The minimum absolute atomic E-state index is 0.134. The van der Waals surface area contributed by atoms with Gasteiger partial charge in [0.25, 0.3) is 0 Å². The molecule has 3 rings (SSSR count). The fraction of sp³-hybridized carbons (Fsp3) is 0.450. The number of nitrogens with zero attached hydrogens (tertiary/aromatic N) is 1. The monoisotopic (exact) mass is 343 g/mol. The average molecular weight is 343 g/mol. The van der Waals surface area contributed by atoms with E-state index in [2.05, 4.69) is 22.9 Å². The van der Waals surface area contributed by atoms with Crippen LogP contribution < -0.4 is 4.74 Å². The second kappa shape index (κ2) is 7.74. The van der Waals surface area contributed by atoms with E-state index in [0.717, 1.165) is 29.8 Å². The first-order chi connectivity index (χ1) is 12.2. The number of benzene rings is 1. The molecule has 1 aromatic heterocycles. The third-order valence-corrected chi connectivity index (χ3v) is 4.69. The highest BCUT2D eigenvalue weighted by Gasteiger charge is 2.25. The number of carbonyl (C=O) groups is 1. The molecular formula is C20H25NO4. The fourth-order valence-corrected chi connectivity index (χ4v) is 3.57. The fourth-order valence-electron chi connectivity index (χ4n) is 3.57. The van der Waals surface area contributed by atoms with Crippen molar-refractivity contribution in [2.24, 2.45) is 0 Å². The molecular weight excluding hydrogens is 318 g/mol. The zero-order chi connectivity index (χ0) is 17.8. The van der Waals surface area contributed by atoms with Crippen molar-refractivity contribution >= 4 is 5.97 Å². The van der Waals surface area contributed by atoms with E-state index in [0.29, 0.717) is 19.6 Å². The zero-order valence-electron chi connectivity index (χ0n) is 14.9. The molecule has 5 heteroatoms. The molecule has 2 aromatic rings. The van der Waals surface area contributed by atoms with Crippen molar-refractivity contribution < 1.29 is 19.4 Å². The number of aromatic nitrogens is 1. The van der Waals surface area contributed by atoms with Crippen molar-refractivity contribution in [2.75, 3.05) is 20.3 Å². The topological polar surface area (TPSA) is 60.7 Å². The number of rotatable bonds is 7. The number of hydrogen-bond donors (Lipinski definition) is 1. The van der Waals surface area contributed by atoms with Crippen molar-refractivity contribution in [1.82, 2.24) is 4.57 Å². The molecule has 0 atom stereocenters. The van der Waals surface area contributed by atoms with Crippen LogP contribution in [0.5, 0.6) is 5.75 Å². The first kappa shape index (κ1) is 17.5. The van der Waals surface area contributed by atoms with Gasteiger partial charge in [-0.15, -0.1) is 0 Å². The van der Waals surface area contributed by atoms with E-state index in [1.165, 1.54) is 16.7 Å². The molecule has 0 bridgehead atoms. The second-order valence-corrected chi connectivity index (χ2v) is 6.25. The lowest BCUT2D eigenvalue weighted by molar-refractivity contribution is -0.142. The van der Waals surface area contributed by atoms with Gasteiger partial charge in [-0.2, -0.15) is 0 Å². The van der Waals surface area contributed by atoms with Gasteiger partial charge in [0, 0.05) is 30.6 Å². The Morgan fingerprint density at radius 3 is 2.80 bits per heavy atom. The van der Waals surface area contributed by atoms with Crippen LogP contribution in [0.25, 0.3) is 11.1 Å². The Hall–Kier alpha value is -2.27. The van der Waals surface area contributed by atoms with Crippen molar-refractivity contribution in [2.45, 2.75) is 39.2 Å². The van der Waals surface area contributed by atoms with E-state index in [1.54, 1.807) is 7.11 Å². The van der Waals surface area contributed by atoms with Crippen LogP contribution in [0.3, 0.4) is 0 Å². The van der Waals surface area contributed by atoms with Gasteiger partial charge in [0.05, 0.1) is 20.1 Å². The minimum atomic E-state index is -0.214. The normalized spacial score (nSPS) is 12.4. The highest BCUT2D eigenvalue weighted by molar-refractivity contribution is 5.81. The molecule has 1 aliphatic rings. The molecule has 1 heterocycles. The molecule has 0 unspecified atom stereocenters. The Kier molecular flexibility index (Phi) is 5.43. The van der Waals surface area contributed by atoms with Crippen molar-refractivity contribution in [1.29, 1.82) is 0 Å². The van der Waals surface area contributed by atoms with Gasteiger partial charge < -0.3 is 19.1 Å². The summed E-state index contributed by atoms with van der Waals surface area (Å²) in [4.78, 5) is 12.1. The summed E-state index contributed by atoms with van der Waals surface area (Å²) in [6.45, 7) is 3.03. The largest absolute Gasteiger partial charge is 0.497 e. The Balaban J connectivity index is 2.05. The van der Waals surface area contributed by atoms with Crippen LogP contribution in [0.15, 0.2) is 24.4 Å². The van der Waals surface area contributed by atoms with Crippen molar-refractivity contribution in [3.8, 4) is 16.9 Å². The number of aryl methyl sites for hydroxylation is 3. The number of esters is 1. The third kappa shape index (κ3) is 3.56. The standard InChI is InChI=1S/C20H25NO4/c1-3-25-19(23)12-18-20-15(13-21(18)9-4-10-22)6-5-14-11-16(24-2)7-8-17(14)20/h7-8,11,13,22H,3-6,9-10,12H2,1-2H3. The van der Waals surface area contributed by atoms with E-state index in [4.69, 9.17) is 9.47 Å². The van der Waals surface area contributed by atoms with Crippen LogP contribution in [0.2, 0.25) is 0 Å². The van der Waals surface area contributed by atoms with Gasteiger partial charge in [-0.25, -0.2) is 0 Å². The summed E-state index contributed by atoms with van der Waals surface area (Å²) in [5.41, 5.74) is 5.80. The molecule has 5 nitrogen and oxygen atoms in total. The predicted octanol–water partition coefficient (Wildman–Crippen LogP) is 2.75. The molecule has 1 aliphatic carbocycles. The maximum atomic E-state index is 12.1. The van der Waals surface area contributed by atoms with Crippen molar-refractivity contribution in [3.05, 3.63) is 41.2 Å². The zero-order valence-corrected chi connectivity index (χ0v) is 14.9. The Morgan fingerprint density at radius 1 is 1.28 bits per heavy atom. The summed E-state index contributed by atoms with van der Waals surface area (Å²) in [5.74, 6) is 0.642.